The number of fused-ring (bicyclic) bond motifs is 12. The Morgan fingerprint density at radius 2 is 0.692 bits per heavy atom. The van der Waals surface area contributed by atoms with Crippen molar-refractivity contribution in [2.24, 2.45) is 0 Å². The van der Waals surface area contributed by atoms with Gasteiger partial charge in [0.2, 0.25) is 0 Å². The summed E-state index contributed by atoms with van der Waals surface area (Å²) in [7, 11) is 0. The quantitative estimate of drug-likeness (QED) is 0.166. The standard InChI is InChI=1S/C30H18BrNS.C30H19NS/c31-21-13-14-27-24(16-21)25-17-26-23-11-4-5-12-29(23)33-30(26)18-28(25)32(27)22-10-6-9-20(15-22)19-7-2-1-3-8-19;1-2-9-20(10-3-1)21-11-8-12-22(17-21)31-27-15-6-4-13-23(27)25-18-26-24-14-5-7-16-29(24)32-30(26)19-28(25)31/h1-18H;1-19H. The number of thiophene rings is 2. The molecule has 0 N–H and O–H groups in total. The van der Waals surface area contributed by atoms with Crippen molar-refractivity contribution in [2.75, 3.05) is 0 Å². The zero-order valence-corrected chi connectivity index (χ0v) is 38.2. The minimum atomic E-state index is 1.10. The summed E-state index contributed by atoms with van der Waals surface area (Å²) in [5, 5.41) is 10.5. The van der Waals surface area contributed by atoms with Gasteiger partial charge in [-0.1, -0.05) is 155 Å². The van der Waals surface area contributed by atoms with Gasteiger partial charge in [-0.2, -0.15) is 0 Å². The van der Waals surface area contributed by atoms with Crippen LogP contribution in [0.15, 0.2) is 229 Å². The van der Waals surface area contributed by atoms with Crippen LogP contribution in [-0.2, 0) is 0 Å². The molecule has 0 bridgehead atoms. The first-order chi connectivity index (χ1) is 32.1. The van der Waals surface area contributed by atoms with E-state index in [-0.39, 0.29) is 0 Å². The lowest BCUT2D eigenvalue weighted by molar-refractivity contribution is 1.18. The smallest absolute Gasteiger partial charge is 0.0555 e. The monoisotopic (exact) mass is 928 g/mol. The van der Waals surface area contributed by atoms with Gasteiger partial charge in [0.25, 0.3) is 0 Å². The van der Waals surface area contributed by atoms with Crippen molar-refractivity contribution in [3.05, 3.63) is 229 Å². The lowest BCUT2D eigenvalue weighted by atomic mass is 10.1. The summed E-state index contributed by atoms with van der Waals surface area (Å²) in [5.41, 5.74) is 12.3. The Hall–Kier alpha value is -7.28. The van der Waals surface area contributed by atoms with Crippen LogP contribution in [0.2, 0.25) is 0 Å². The third-order valence-corrected chi connectivity index (χ3v) is 15.6. The summed E-state index contributed by atoms with van der Waals surface area (Å²) in [6.45, 7) is 0. The maximum atomic E-state index is 3.70. The molecule has 0 spiro atoms. The fourth-order valence-corrected chi connectivity index (χ4v) is 12.5. The molecule has 10 aromatic carbocycles. The molecular formula is C60H37BrN2S2. The van der Waals surface area contributed by atoms with Crippen molar-refractivity contribution < 1.29 is 0 Å². The van der Waals surface area contributed by atoms with E-state index < -0.39 is 0 Å². The highest BCUT2D eigenvalue weighted by Crippen LogP contribution is 2.43. The van der Waals surface area contributed by atoms with Gasteiger partial charge in [-0.3, -0.25) is 0 Å². The summed E-state index contributed by atoms with van der Waals surface area (Å²) in [6, 6.07) is 81.3. The highest BCUT2D eigenvalue weighted by molar-refractivity contribution is 9.10. The fraction of sp³-hybridized carbons (Fsp3) is 0. The van der Waals surface area contributed by atoms with Crippen LogP contribution in [0.4, 0.5) is 0 Å². The number of halogens is 1. The van der Waals surface area contributed by atoms with Crippen molar-refractivity contribution >= 4 is 123 Å². The van der Waals surface area contributed by atoms with Crippen molar-refractivity contribution in [3.8, 4) is 33.6 Å². The Morgan fingerprint density at radius 1 is 0.262 bits per heavy atom. The van der Waals surface area contributed by atoms with Crippen molar-refractivity contribution in [1.29, 1.82) is 0 Å². The van der Waals surface area contributed by atoms with Crippen molar-refractivity contribution in [1.82, 2.24) is 9.13 Å². The van der Waals surface area contributed by atoms with E-state index >= 15 is 0 Å². The number of benzene rings is 10. The summed E-state index contributed by atoms with van der Waals surface area (Å²) in [5.74, 6) is 0. The molecule has 0 atom stereocenters. The third-order valence-electron chi connectivity index (χ3n) is 12.8. The molecule has 14 rings (SSSR count). The average Bonchev–Trinajstić information content (AvgIpc) is 4.10. The van der Waals surface area contributed by atoms with E-state index in [1.54, 1.807) is 0 Å². The average molecular weight is 930 g/mol. The lowest BCUT2D eigenvalue weighted by Crippen LogP contribution is -1.94. The second kappa shape index (κ2) is 15.5. The zero-order chi connectivity index (χ0) is 43.0. The number of para-hydroxylation sites is 1. The van der Waals surface area contributed by atoms with Gasteiger partial charge in [0.15, 0.2) is 0 Å². The van der Waals surface area contributed by atoms with E-state index in [2.05, 4.69) is 250 Å². The summed E-state index contributed by atoms with van der Waals surface area (Å²) in [4.78, 5) is 0. The molecule has 2 nitrogen and oxygen atoms in total. The molecule has 0 aliphatic rings. The fourth-order valence-electron chi connectivity index (χ4n) is 9.86. The number of hydrogen-bond acceptors (Lipinski definition) is 2. The Morgan fingerprint density at radius 3 is 1.25 bits per heavy atom. The van der Waals surface area contributed by atoms with Crippen LogP contribution < -0.4 is 0 Å². The summed E-state index contributed by atoms with van der Waals surface area (Å²) < 4.78 is 11.3. The van der Waals surface area contributed by atoms with Gasteiger partial charge in [0.1, 0.15) is 0 Å². The molecule has 0 aliphatic heterocycles. The van der Waals surface area contributed by atoms with Crippen LogP contribution in [0.5, 0.6) is 0 Å². The van der Waals surface area contributed by atoms with Crippen LogP contribution in [0.3, 0.4) is 0 Å². The minimum absolute atomic E-state index is 1.10. The van der Waals surface area contributed by atoms with Gasteiger partial charge < -0.3 is 9.13 Å². The molecule has 0 saturated carbocycles. The van der Waals surface area contributed by atoms with Gasteiger partial charge in [-0.25, -0.2) is 0 Å². The first kappa shape index (κ1) is 38.2. The molecule has 65 heavy (non-hydrogen) atoms. The molecule has 0 fully saturated rings. The predicted molar refractivity (Wildman–Crippen MR) is 286 cm³/mol. The number of rotatable bonds is 4. The van der Waals surface area contributed by atoms with Crippen LogP contribution in [-0.4, -0.2) is 9.13 Å². The molecule has 0 saturated heterocycles. The van der Waals surface area contributed by atoms with Gasteiger partial charge in [-0.15, -0.1) is 22.7 Å². The molecule has 0 amide bonds. The van der Waals surface area contributed by atoms with E-state index in [1.165, 1.54) is 118 Å². The normalized spacial score (nSPS) is 11.8. The Kier molecular flexibility index (Phi) is 9.09. The molecule has 5 heteroatoms. The molecule has 306 valence electrons. The molecule has 14 aromatic rings. The maximum absolute atomic E-state index is 3.70. The molecular weight excluding hydrogens is 893 g/mol. The largest absolute Gasteiger partial charge is 0.309 e. The van der Waals surface area contributed by atoms with Crippen molar-refractivity contribution in [2.45, 2.75) is 0 Å². The first-order valence-corrected chi connectivity index (χ1v) is 24.3. The number of nitrogens with zero attached hydrogens (tertiary/aromatic N) is 2. The van der Waals surface area contributed by atoms with Crippen molar-refractivity contribution in [3.63, 3.8) is 0 Å². The molecule has 4 aromatic heterocycles. The zero-order valence-electron chi connectivity index (χ0n) is 35.0. The van der Waals surface area contributed by atoms with Crippen LogP contribution in [0.1, 0.15) is 0 Å². The molecule has 0 unspecified atom stereocenters. The van der Waals surface area contributed by atoms with Crippen LogP contribution >= 0.6 is 38.6 Å². The maximum Gasteiger partial charge on any atom is 0.0555 e. The summed E-state index contributed by atoms with van der Waals surface area (Å²) >= 11 is 7.45. The second-order valence-corrected chi connectivity index (χ2v) is 19.7. The van der Waals surface area contributed by atoms with E-state index in [4.69, 9.17) is 0 Å². The van der Waals surface area contributed by atoms with E-state index in [9.17, 15) is 0 Å². The lowest BCUT2D eigenvalue weighted by Gasteiger charge is -2.10. The highest BCUT2D eigenvalue weighted by atomic mass is 79.9. The minimum Gasteiger partial charge on any atom is -0.309 e. The topological polar surface area (TPSA) is 9.86 Å². The molecule has 0 aliphatic carbocycles. The Balaban J connectivity index is 0.000000130. The van der Waals surface area contributed by atoms with Gasteiger partial charge in [-0.05, 0) is 107 Å². The van der Waals surface area contributed by atoms with Gasteiger partial charge in [0.05, 0.1) is 22.1 Å². The van der Waals surface area contributed by atoms with E-state index in [0.29, 0.717) is 0 Å². The summed E-state index contributed by atoms with van der Waals surface area (Å²) in [6.07, 6.45) is 0. The second-order valence-electron chi connectivity index (χ2n) is 16.6. The number of hydrogen-bond donors (Lipinski definition) is 0. The van der Waals surface area contributed by atoms with Gasteiger partial charge >= 0.3 is 0 Å². The van der Waals surface area contributed by atoms with E-state index in [0.717, 1.165) is 4.47 Å². The first-order valence-electron chi connectivity index (χ1n) is 21.8. The SMILES string of the molecule is Brc1ccc2c(c1)c1cc3c(cc1n2-c1cccc(-c2ccccc2)c1)sc1ccccc13.c1ccc(-c2cccc(-n3c4ccccc4c4cc5c(cc43)sc3ccccc35)c2)cc1. The molecule has 4 heterocycles. The van der Waals surface area contributed by atoms with Gasteiger partial charge in [0, 0.05) is 77.7 Å². The predicted octanol–water partition coefficient (Wildman–Crippen LogP) is 18.4. The van der Waals surface area contributed by atoms with E-state index in [1.807, 2.05) is 22.7 Å². The Bertz CT molecular complexity index is 4140. The molecule has 0 radical (unpaired) electrons. The van der Waals surface area contributed by atoms with Crippen LogP contribution in [0, 0.1) is 0 Å². The Labute approximate surface area is 391 Å². The third kappa shape index (κ3) is 6.41. The highest BCUT2D eigenvalue weighted by Gasteiger charge is 2.18. The number of aromatic nitrogens is 2. The van der Waals surface area contributed by atoms with Crippen LogP contribution in [0.25, 0.3) is 118 Å².